The lowest BCUT2D eigenvalue weighted by Crippen LogP contribution is -2.46. The zero-order chi connectivity index (χ0) is 18.5. The van der Waals surface area contributed by atoms with Crippen LogP contribution in [0.15, 0.2) is 40.9 Å². The predicted octanol–water partition coefficient (Wildman–Crippen LogP) is 3.80. The van der Waals surface area contributed by atoms with Gasteiger partial charge >= 0.3 is 0 Å². The first-order valence-corrected chi connectivity index (χ1v) is 9.46. The first kappa shape index (κ1) is 18.9. The summed E-state index contributed by atoms with van der Waals surface area (Å²) in [5, 5.41) is 0. The van der Waals surface area contributed by atoms with E-state index in [4.69, 9.17) is 14.2 Å². The second-order valence-corrected chi connectivity index (χ2v) is 7.09. The number of para-hydroxylation sites is 2. The summed E-state index contributed by atoms with van der Waals surface area (Å²) in [6.07, 6.45) is 0. The molecule has 2 aromatic rings. The third-order valence-electron chi connectivity index (χ3n) is 4.74. The number of methoxy groups -OCH3 is 3. The van der Waals surface area contributed by atoms with Crippen molar-refractivity contribution in [1.29, 1.82) is 0 Å². The smallest absolute Gasteiger partial charge is 0.161 e. The molecule has 1 heterocycles. The molecular weight excluding hydrogens is 396 g/mol. The second-order valence-electron chi connectivity index (χ2n) is 6.23. The van der Waals surface area contributed by atoms with Gasteiger partial charge in [-0.1, -0.05) is 28.1 Å². The lowest BCUT2D eigenvalue weighted by atomic mass is 10.1. The van der Waals surface area contributed by atoms with E-state index >= 15 is 0 Å². The minimum atomic E-state index is 0.740. The minimum Gasteiger partial charge on any atom is -0.495 e. The maximum Gasteiger partial charge on any atom is 0.161 e. The summed E-state index contributed by atoms with van der Waals surface area (Å²) in [7, 11) is 5.05. The molecular formula is C20H25BrN2O3. The molecule has 0 aromatic heterocycles. The van der Waals surface area contributed by atoms with Crippen LogP contribution in [0.4, 0.5) is 5.69 Å². The van der Waals surface area contributed by atoms with Crippen LogP contribution in [0.1, 0.15) is 5.56 Å². The van der Waals surface area contributed by atoms with Crippen LogP contribution >= 0.6 is 15.9 Å². The normalized spacial score (nSPS) is 15.0. The van der Waals surface area contributed by atoms with Crippen LogP contribution in [0.3, 0.4) is 0 Å². The first-order valence-electron chi connectivity index (χ1n) is 8.67. The number of piperazine rings is 1. The van der Waals surface area contributed by atoms with Crippen molar-refractivity contribution in [2.45, 2.75) is 6.54 Å². The molecule has 0 saturated carbocycles. The highest BCUT2D eigenvalue weighted by Gasteiger charge is 2.21. The van der Waals surface area contributed by atoms with Crippen molar-refractivity contribution in [3.05, 3.63) is 46.4 Å². The fourth-order valence-electron chi connectivity index (χ4n) is 3.30. The van der Waals surface area contributed by atoms with Crippen molar-refractivity contribution in [2.24, 2.45) is 0 Å². The largest absolute Gasteiger partial charge is 0.495 e. The highest BCUT2D eigenvalue weighted by Crippen LogP contribution is 2.34. The highest BCUT2D eigenvalue weighted by atomic mass is 79.9. The molecule has 0 unspecified atom stereocenters. The van der Waals surface area contributed by atoms with E-state index in [-0.39, 0.29) is 0 Å². The number of hydrogen-bond donors (Lipinski definition) is 0. The zero-order valence-electron chi connectivity index (χ0n) is 15.5. The molecule has 0 radical (unpaired) electrons. The molecule has 0 amide bonds. The van der Waals surface area contributed by atoms with E-state index in [1.54, 1.807) is 21.3 Å². The third-order valence-corrected chi connectivity index (χ3v) is 5.48. The summed E-state index contributed by atoms with van der Waals surface area (Å²) in [4.78, 5) is 4.84. The number of hydrogen-bond acceptors (Lipinski definition) is 5. The summed E-state index contributed by atoms with van der Waals surface area (Å²) in [6.45, 7) is 4.83. The van der Waals surface area contributed by atoms with Gasteiger partial charge in [0.1, 0.15) is 5.75 Å². The van der Waals surface area contributed by atoms with Gasteiger partial charge in [0.05, 0.1) is 27.0 Å². The Hall–Kier alpha value is -1.92. The van der Waals surface area contributed by atoms with Crippen LogP contribution in [0.2, 0.25) is 0 Å². The molecule has 6 heteroatoms. The van der Waals surface area contributed by atoms with Crippen LogP contribution < -0.4 is 19.1 Å². The molecule has 2 aromatic carbocycles. The van der Waals surface area contributed by atoms with Crippen LogP contribution in [-0.4, -0.2) is 52.4 Å². The number of nitrogens with zero attached hydrogens (tertiary/aromatic N) is 2. The van der Waals surface area contributed by atoms with Crippen LogP contribution in [0.5, 0.6) is 17.2 Å². The molecule has 3 rings (SSSR count). The molecule has 140 valence electrons. The molecule has 26 heavy (non-hydrogen) atoms. The summed E-state index contributed by atoms with van der Waals surface area (Å²) in [5.41, 5.74) is 2.37. The van der Waals surface area contributed by atoms with Gasteiger partial charge in [0, 0.05) is 37.2 Å². The zero-order valence-corrected chi connectivity index (χ0v) is 17.1. The fraction of sp³-hybridized carbons (Fsp3) is 0.400. The highest BCUT2D eigenvalue weighted by molar-refractivity contribution is 9.10. The predicted molar refractivity (Wildman–Crippen MR) is 108 cm³/mol. The Labute approximate surface area is 163 Å². The Morgan fingerprint density at radius 3 is 2.12 bits per heavy atom. The first-order chi connectivity index (χ1) is 12.7. The molecule has 0 atom stereocenters. The van der Waals surface area contributed by atoms with Crippen molar-refractivity contribution in [1.82, 2.24) is 4.90 Å². The molecule has 1 aliphatic heterocycles. The second kappa shape index (κ2) is 8.64. The van der Waals surface area contributed by atoms with E-state index in [2.05, 4.69) is 43.9 Å². The summed E-state index contributed by atoms with van der Waals surface area (Å²) >= 11 is 3.66. The van der Waals surface area contributed by atoms with Crippen LogP contribution in [0.25, 0.3) is 0 Å². The van der Waals surface area contributed by atoms with E-state index in [0.29, 0.717) is 0 Å². The molecule has 1 saturated heterocycles. The fourth-order valence-corrected chi connectivity index (χ4v) is 3.74. The monoisotopic (exact) mass is 420 g/mol. The van der Waals surface area contributed by atoms with Gasteiger partial charge in [-0.05, 0) is 29.8 Å². The maximum atomic E-state index is 5.50. The van der Waals surface area contributed by atoms with Crippen molar-refractivity contribution in [2.75, 3.05) is 52.4 Å². The van der Waals surface area contributed by atoms with Gasteiger partial charge in [-0.2, -0.15) is 0 Å². The summed E-state index contributed by atoms with van der Waals surface area (Å²) in [6, 6.07) is 12.2. The number of ether oxygens (including phenoxy) is 3. The number of rotatable bonds is 6. The molecule has 1 aliphatic rings. The summed E-state index contributed by atoms with van der Waals surface area (Å²) in [5.74, 6) is 2.44. The molecule has 0 N–H and O–H groups in total. The molecule has 0 bridgehead atoms. The van der Waals surface area contributed by atoms with Gasteiger partial charge in [0.15, 0.2) is 11.5 Å². The Kier molecular flexibility index (Phi) is 6.27. The number of benzene rings is 2. The Bertz CT molecular complexity index is 746. The van der Waals surface area contributed by atoms with E-state index in [9.17, 15) is 0 Å². The number of halogens is 1. The van der Waals surface area contributed by atoms with E-state index in [0.717, 1.165) is 54.4 Å². The van der Waals surface area contributed by atoms with Crippen molar-refractivity contribution < 1.29 is 14.2 Å². The van der Waals surface area contributed by atoms with Crippen molar-refractivity contribution in [3.63, 3.8) is 0 Å². The van der Waals surface area contributed by atoms with Crippen molar-refractivity contribution >= 4 is 21.6 Å². The Morgan fingerprint density at radius 2 is 1.46 bits per heavy atom. The average molecular weight is 421 g/mol. The van der Waals surface area contributed by atoms with Gasteiger partial charge in [0.2, 0.25) is 0 Å². The van der Waals surface area contributed by atoms with Gasteiger partial charge < -0.3 is 19.1 Å². The van der Waals surface area contributed by atoms with E-state index in [1.165, 1.54) is 11.3 Å². The van der Waals surface area contributed by atoms with Gasteiger partial charge in [0.25, 0.3) is 0 Å². The molecule has 1 fully saturated rings. The lowest BCUT2D eigenvalue weighted by Gasteiger charge is -2.36. The average Bonchev–Trinajstić information content (AvgIpc) is 2.69. The van der Waals surface area contributed by atoms with E-state index < -0.39 is 0 Å². The van der Waals surface area contributed by atoms with Crippen molar-refractivity contribution in [3.8, 4) is 17.2 Å². The Balaban J connectivity index is 1.66. The SMILES string of the molecule is COc1cc(Br)c(CN2CCN(c3ccccc3OC)CC2)cc1OC. The molecule has 0 spiro atoms. The van der Waals surface area contributed by atoms with Gasteiger partial charge in [-0.15, -0.1) is 0 Å². The topological polar surface area (TPSA) is 34.2 Å². The molecule has 0 aliphatic carbocycles. The lowest BCUT2D eigenvalue weighted by molar-refractivity contribution is 0.248. The van der Waals surface area contributed by atoms with Gasteiger partial charge in [-0.3, -0.25) is 4.90 Å². The quantitative estimate of drug-likeness (QED) is 0.709. The van der Waals surface area contributed by atoms with Gasteiger partial charge in [-0.25, -0.2) is 0 Å². The Morgan fingerprint density at radius 1 is 0.846 bits per heavy atom. The third kappa shape index (κ3) is 4.07. The van der Waals surface area contributed by atoms with E-state index in [1.807, 2.05) is 18.2 Å². The van der Waals surface area contributed by atoms with Crippen LogP contribution in [-0.2, 0) is 6.54 Å². The summed E-state index contributed by atoms with van der Waals surface area (Å²) < 4.78 is 17.3. The minimum absolute atomic E-state index is 0.740. The number of anilines is 1. The maximum absolute atomic E-state index is 5.50. The molecule has 5 nitrogen and oxygen atoms in total. The standard InChI is InChI=1S/C20H25BrN2O3/c1-24-18-7-5-4-6-17(18)23-10-8-22(9-11-23)14-15-12-19(25-2)20(26-3)13-16(15)21/h4-7,12-13H,8-11,14H2,1-3H3. The van der Waals surface area contributed by atoms with Crippen LogP contribution in [0, 0.1) is 0 Å².